The van der Waals surface area contributed by atoms with Crippen LogP contribution in [0.3, 0.4) is 0 Å². The van der Waals surface area contributed by atoms with Gasteiger partial charge in [0.2, 0.25) is 5.91 Å². The summed E-state index contributed by atoms with van der Waals surface area (Å²) >= 11 is 0. The maximum absolute atomic E-state index is 11.3. The van der Waals surface area contributed by atoms with Gasteiger partial charge >= 0.3 is 5.97 Å². The van der Waals surface area contributed by atoms with Crippen molar-refractivity contribution in [3.8, 4) is 0 Å². The molecule has 0 saturated heterocycles. The molecule has 0 heterocycles. The molecule has 0 radical (unpaired) electrons. The molecule has 0 spiro atoms. The third-order valence-electron chi connectivity index (χ3n) is 3.46. The van der Waals surface area contributed by atoms with E-state index in [9.17, 15) is 19.8 Å². The standard InChI is InChI=1S/C13H23NO5/c1-7(2)19-10-6-13(4,12(17)18)5-9(16)11(10)14-8(3)15/h7,9-11,16H,5-6H2,1-4H3,(H,14,15)(H,17,18)/t9?,10-,11-,13?/m1/s1. The fourth-order valence-electron chi connectivity index (χ4n) is 2.57. The van der Waals surface area contributed by atoms with Gasteiger partial charge in [-0.25, -0.2) is 0 Å². The highest BCUT2D eigenvalue weighted by Gasteiger charge is 2.48. The fraction of sp³-hybridized carbons (Fsp3) is 0.846. The van der Waals surface area contributed by atoms with Gasteiger partial charge in [0.25, 0.3) is 0 Å². The van der Waals surface area contributed by atoms with Crippen molar-refractivity contribution in [2.24, 2.45) is 5.41 Å². The molecule has 0 aromatic heterocycles. The average molecular weight is 273 g/mol. The number of aliphatic hydroxyl groups excluding tert-OH is 1. The minimum Gasteiger partial charge on any atom is -0.481 e. The van der Waals surface area contributed by atoms with Crippen LogP contribution in [0.25, 0.3) is 0 Å². The highest BCUT2D eigenvalue weighted by atomic mass is 16.5. The molecule has 4 atom stereocenters. The van der Waals surface area contributed by atoms with Crippen molar-refractivity contribution in [3.63, 3.8) is 0 Å². The second-order valence-corrected chi connectivity index (χ2v) is 5.79. The Morgan fingerprint density at radius 1 is 1.37 bits per heavy atom. The van der Waals surface area contributed by atoms with E-state index in [1.807, 2.05) is 13.8 Å². The van der Waals surface area contributed by atoms with Gasteiger partial charge in [-0.3, -0.25) is 9.59 Å². The first kappa shape index (κ1) is 15.9. The number of carboxylic acids is 1. The van der Waals surface area contributed by atoms with E-state index < -0.39 is 29.6 Å². The number of aliphatic hydroxyl groups is 1. The molecule has 0 aromatic carbocycles. The molecule has 1 saturated carbocycles. The first-order chi connectivity index (χ1) is 8.65. The first-order valence-corrected chi connectivity index (χ1v) is 6.50. The lowest BCUT2D eigenvalue weighted by molar-refractivity contribution is -0.163. The summed E-state index contributed by atoms with van der Waals surface area (Å²) in [6.07, 6.45) is -1.17. The summed E-state index contributed by atoms with van der Waals surface area (Å²) in [5.74, 6) is -1.22. The molecule has 110 valence electrons. The van der Waals surface area contributed by atoms with Gasteiger partial charge in [0, 0.05) is 6.92 Å². The van der Waals surface area contributed by atoms with Crippen LogP contribution < -0.4 is 5.32 Å². The highest BCUT2D eigenvalue weighted by Crippen LogP contribution is 2.38. The lowest BCUT2D eigenvalue weighted by atomic mass is 9.71. The van der Waals surface area contributed by atoms with Crippen molar-refractivity contribution in [1.82, 2.24) is 5.32 Å². The van der Waals surface area contributed by atoms with Crippen molar-refractivity contribution in [3.05, 3.63) is 0 Å². The minimum absolute atomic E-state index is 0.102. The zero-order valence-electron chi connectivity index (χ0n) is 11.8. The Kier molecular flexibility index (Phi) is 4.92. The number of amides is 1. The topological polar surface area (TPSA) is 95.9 Å². The summed E-state index contributed by atoms with van der Waals surface area (Å²) in [7, 11) is 0. The number of nitrogens with one attached hydrogen (secondary N) is 1. The van der Waals surface area contributed by atoms with Crippen molar-refractivity contribution in [2.75, 3.05) is 0 Å². The Morgan fingerprint density at radius 2 is 1.95 bits per heavy atom. The van der Waals surface area contributed by atoms with Crippen molar-refractivity contribution in [1.29, 1.82) is 0 Å². The second kappa shape index (κ2) is 5.88. The predicted molar refractivity (Wildman–Crippen MR) is 68.6 cm³/mol. The molecule has 1 aliphatic carbocycles. The Labute approximate surface area is 113 Å². The molecular weight excluding hydrogens is 250 g/mol. The van der Waals surface area contributed by atoms with Crippen LogP contribution in [0.15, 0.2) is 0 Å². The molecule has 1 aliphatic rings. The summed E-state index contributed by atoms with van der Waals surface area (Å²) in [6.45, 7) is 6.64. The molecule has 6 heteroatoms. The number of carbonyl (C=O) groups excluding carboxylic acids is 1. The van der Waals surface area contributed by atoms with Gasteiger partial charge in [-0.15, -0.1) is 0 Å². The monoisotopic (exact) mass is 273 g/mol. The van der Waals surface area contributed by atoms with E-state index in [0.29, 0.717) is 0 Å². The van der Waals surface area contributed by atoms with E-state index in [0.717, 1.165) is 0 Å². The van der Waals surface area contributed by atoms with Crippen LogP contribution in [0.4, 0.5) is 0 Å². The quantitative estimate of drug-likeness (QED) is 0.694. The van der Waals surface area contributed by atoms with Gasteiger partial charge in [0.1, 0.15) is 0 Å². The average Bonchev–Trinajstić information content (AvgIpc) is 2.21. The lowest BCUT2D eigenvalue weighted by Gasteiger charge is -2.43. The van der Waals surface area contributed by atoms with E-state index >= 15 is 0 Å². The predicted octanol–water partition coefficient (Wildman–Crippen LogP) is 0.530. The van der Waals surface area contributed by atoms with Crippen molar-refractivity contribution >= 4 is 11.9 Å². The Balaban J connectivity index is 2.93. The molecule has 0 aromatic rings. The molecule has 0 aliphatic heterocycles. The van der Waals surface area contributed by atoms with Crippen LogP contribution >= 0.6 is 0 Å². The van der Waals surface area contributed by atoms with Crippen molar-refractivity contribution in [2.45, 2.75) is 64.9 Å². The third-order valence-corrected chi connectivity index (χ3v) is 3.46. The molecule has 1 fully saturated rings. The van der Waals surface area contributed by atoms with Crippen LogP contribution in [0.1, 0.15) is 40.5 Å². The molecule has 2 unspecified atom stereocenters. The molecule has 19 heavy (non-hydrogen) atoms. The lowest BCUT2D eigenvalue weighted by Crippen LogP contribution is -2.59. The summed E-state index contributed by atoms with van der Waals surface area (Å²) in [5, 5.41) is 22.1. The summed E-state index contributed by atoms with van der Waals surface area (Å²) in [4.78, 5) is 22.5. The zero-order chi connectivity index (χ0) is 14.8. The van der Waals surface area contributed by atoms with Gasteiger partial charge in [0.15, 0.2) is 0 Å². The smallest absolute Gasteiger partial charge is 0.309 e. The minimum atomic E-state index is -1.03. The number of carbonyl (C=O) groups is 2. The SMILES string of the molecule is CC(=O)N[C@@H]1C(O)CC(C)(C(=O)O)C[C@H]1OC(C)C. The summed E-state index contributed by atoms with van der Waals surface area (Å²) in [6, 6.07) is -0.563. The zero-order valence-corrected chi connectivity index (χ0v) is 11.8. The van der Waals surface area contributed by atoms with Gasteiger partial charge < -0.3 is 20.3 Å². The second-order valence-electron chi connectivity index (χ2n) is 5.79. The molecule has 3 N–H and O–H groups in total. The van der Waals surface area contributed by atoms with Gasteiger partial charge in [-0.2, -0.15) is 0 Å². The number of hydrogen-bond donors (Lipinski definition) is 3. The molecule has 1 rings (SSSR count). The molecule has 0 bridgehead atoms. The number of ether oxygens (including phenoxy) is 1. The van der Waals surface area contributed by atoms with E-state index in [1.54, 1.807) is 6.92 Å². The Bertz CT molecular complexity index is 357. The number of hydrogen-bond acceptors (Lipinski definition) is 4. The van der Waals surface area contributed by atoms with E-state index in [-0.39, 0.29) is 24.9 Å². The fourth-order valence-corrected chi connectivity index (χ4v) is 2.57. The number of aliphatic carboxylic acids is 1. The van der Waals surface area contributed by atoms with E-state index in [1.165, 1.54) is 6.92 Å². The summed E-state index contributed by atoms with van der Waals surface area (Å²) in [5.41, 5.74) is -1.03. The molecule has 1 amide bonds. The van der Waals surface area contributed by atoms with E-state index in [4.69, 9.17) is 4.74 Å². The van der Waals surface area contributed by atoms with Gasteiger partial charge in [-0.1, -0.05) is 0 Å². The van der Waals surface area contributed by atoms with Gasteiger partial charge in [-0.05, 0) is 33.6 Å². The maximum Gasteiger partial charge on any atom is 0.309 e. The van der Waals surface area contributed by atoms with Gasteiger partial charge in [0.05, 0.1) is 29.8 Å². The van der Waals surface area contributed by atoms with Crippen LogP contribution in [-0.2, 0) is 14.3 Å². The van der Waals surface area contributed by atoms with Crippen LogP contribution in [0.2, 0.25) is 0 Å². The normalized spacial score (nSPS) is 35.2. The number of rotatable bonds is 4. The van der Waals surface area contributed by atoms with Crippen LogP contribution in [0.5, 0.6) is 0 Å². The Morgan fingerprint density at radius 3 is 2.37 bits per heavy atom. The van der Waals surface area contributed by atoms with Crippen molar-refractivity contribution < 1.29 is 24.5 Å². The van der Waals surface area contributed by atoms with Crippen LogP contribution in [-0.4, -0.2) is 46.4 Å². The van der Waals surface area contributed by atoms with E-state index in [2.05, 4.69) is 5.32 Å². The highest BCUT2D eigenvalue weighted by molar-refractivity contribution is 5.75. The van der Waals surface area contributed by atoms with Crippen LogP contribution in [0, 0.1) is 5.41 Å². The first-order valence-electron chi connectivity index (χ1n) is 6.50. The maximum atomic E-state index is 11.3. The number of carboxylic acid groups (broad SMARTS) is 1. The Hall–Kier alpha value is -1.14. The largest absolute Gasteiger partial charge is 0.481 e. The molecular formula is C13H23NO5. The third kappa shape index (κ3) is 3.91. The summed E-state index contributed by atoms with van der Waals surface area (Å²) < 4.78 is 5.68. The molecule has 6 nitrogen and oxygen atoms in total.